The van der Waals surface area contributed by atoms with Crippen LogP contribution >= 0.6 is 0 Å². The van der Waals surface area contributed by atoms with Gasteiger partial charge in [-0.3, -0.25) is 10.1 Å². The summed E-state index contributed by atoms with van der Waals surface area (Å²) in [5.74, 6) is -1.13. The van der Waals surface area contributed by atoms with E-state index < -0.39 is 11.7 Å². The van der Waals surface area contributed by atoms with E-state index in [9.17, 15) is 9.18 Å². The fraction of sp³-hybridized carbons (Fsp3) is 0.556. The van der Waals surface area contributed by atoms with Crippen LogP contribution in [0.2, 0.25) is 0 Å². The Kier molecular flexibility index (Phi) is 9.01. The monoisotopic (exact) mass is 338 g/mol. The van der Waals surface area contributed by atoms with Crippen molar-refractivity contribution in [2.75, 3.05) is 26.7 Å². The maximum Gasteiger partial charge on any atom is 0.291 e. The van der Waals surface area contributed by atoms with Crippen LogP contribution in [0.25, 0.3) is 0 Å². The number of benzene rings is 1. The molecule has 0 aliphatic rings. The van der Waals surface area contributed by atoms with Crippen molar-refractivity contribution in [1.29, 1.82) is 0 Å². The lowest BCUT2D eigenvalue weighted by atomic mass is 10.2. The first-order chi connectivity index (χ1) is 11.5. The molecule has 1 rings (SSSR count). The predicted octanol–water partition coefficient (Wildman–Crippen LogP) is 1.65. The molecular formula is C18H29FN3O2+. The van der Waals surface area contributed by atoms with E-state index in [0.717, 1.165) is 32.5 Å². The van der Waals surface area contributed by atoms with E-state index in [-0.39, 0.29) is 17.6 Å². The molecule has 0 radical (unpaired) electrons. The van der Waals surface area contributed by atoms with Gasteiger partial charge in [0.05, 0.1) is 38.3 Å². The van der Waals surface area contributed by atoms with E-state index in [2.05, 4.69) is 24.2 Å². The molecule has 1 aromatic carbocycles. The molecule has 0 saturated heterocycles. The van der Waals surface area contributed by atoms with Gasteiger partial charge in [0.15, 0.2) is 0 Å². The van der Waals surface area contributed by atoms with Gasteiger partial charge in [-0.2, -0.15) is 0 Å². The fourth-order valence-corrected chi connectivity index (χ4v) is 2.46. The minimum absolute atomic E-state index is 0.0239. The van der Waals surface area contributed by atoms with Crippen molar-refractivity contribution < 1.29 is 18.8 Å². The summed E-state index contributed by atoms with van der Waals surface area (Å²) in [7, 11) is 1.44. The summed E-state index contributed by atoms with van der Waals surface area (Å²) in [5.41, 5.74) is -0.0277. The molecule has 0 aliphatic carbocycles. The smallest absolute Gasteiger partial charge is 0.291 e. The first-order valence-electron chi connectivity index (χ1n) is 8.53. The van der Waals surface area contributed by atoms with Gasteiger partial charge in [0, 0.05) is 0 Å². The summed E-state index contributed by atoms with van der Waals surface area (Å²) in [6.07, 6.45) is 1.96. The van der Waals surface area contributed by atoms with Crippen LogP contribution < -0.4 is 10.2 Å². The topological polar surface area (TPSA) is 55.1 Å². The van der Waals surface area contributed by atoms with E-state index >= 15 is 0 Å². The van der Waals surface area contributed by atoms with E-state index in [1.807, 2.05) is 6.92 Å². The van der Waals surface area contributed by atoms with E-state index in [4.69, 9.17) is 4.74 Å². The highest BCUT2D eigenvalue weighted by Crippen LogP contribution is 2.06. The van der Waals surface area contributed by atoms with Crippen LogP contribution in [0.5, 0.6) is 0 Å². The van der Waals surface area contributed by atoms with Crippen molar-refractivity contribution in [2.45, 2.75) is 39.7 Å². The number of nitrogens with one attached hydrogen (secondary N) is 2. The van der Waals surface area contributed by atoms with Crippen molar-refractivity contribution >= 4 is 11.9 Å². The van der Waals surface area contributed by atoms with Crippen molar-refractivity contribution in [3.05, 3.63) is 35.6 Å². The minimum atomic E-state index is -0.569. The molecule has 0 aromatic heterocycles. The standard InChI is InChI=1S/C18H28FN3O2/c1-5-22(6-2)13-9-10-14(3)20-18(24-4)21-17(23)15-11-7-8-12-16(15)19/h7-8,11-12,14H,5-6,9-10,13H2,1-4H3,(H,20,21,23)/p+1/t14-/m1/s1. The SMILES string of the molecule is CC[NH+](CC)CCC[C@@H](C)N=C(NC(=O)c1ccccc1F)OC. The van der Waals surface area contributed by atoms with Crippen LogP contribution in [0.1, 0.15) is 44.0 Å². The molecule has 0 saturated carbocycles. The Balaban J connectivity index is 2.56. The quantitative estimate of drug-likeness (QED) is 0.559. The highest BCUT2D eigenvalue weighted by Gasteiger charge is 2.14. The van der Waals surface area contributed by atoms with Crippen molar-refractivity contribution in [3.63, 3.8) is 0 Å². The summed E-state index contributed by atoms with van der Waals surface area (Å²) in [6.45, 7) is 9.69. The number of hydrogen-bond donors (Lipinski definition) is 2. The number of methoxy groups -OCH3 is 1. The highest BCUT2D eigenvalue weighted by atomic mass is 19.1. The predicted molar refractivity (Wildman–Crippen MR) is 93.9 cm³/mol. The lowest BCUT2D eigenvalue weighted by Crippen LogP contribution is -3.11. The molecule has 0 unspecified atom stereocenters. The minimum Gasteiger partial charge on any atom is -0.468 e. The van der Waals surface area contributed by atoms with Gasteiger partial charge in [0.2, 0.25) is 0 Å². The Morgan fingerprint density at radius 3 is 2.58 bits per heavy atom. The molecule has 1 aromatic rings. The highest BCUT2D eigenvalue weighted by molar-refractivity contribution is 6.04. The van der Waals surface area contributed by atoms with Gasteiger partial charge in [-0.1, -0.05) is 12.1 Å². The summed E-state index contributed by atoms with van der Waals surface area (Å²) in [5, 5.41) is 2.52. The molecule has 0 heterocycles. The van der Waals surface area contributed by atoms with Crippen LogP contribution in [-0.4, -0.2) is 44.7 Å². The Labute approximate surface area is 143 Å². The third-order valence-electron chi connectivity index (χ3n) is 4.02. The van der Waals surface area contributed by atoms with Gasteiger partial charge in [0.1, 0.15) is 5.82 Å². The second-order valence-electron chi connectivity index (χ2n) is 5.77. The number of aliphatic imine (C=N–C) groups is 1. The van der Waals surface area contributed by atoms with Crippen LogP contribution in [0.15, 0.2) is 29.3 Å². The lowest BCUT2D eigenvalue weighted by molar-refractivity contribution is -0.896. The number of carbonyl (C=O) groups excluding carboxylic acids is 1. The molecule has 134 valence electrons. The first kappa shape index (κ1) is 20.1. The maximum absolute atomic E-state index is 13.6. The lowest BCUT2D eigenvalue weighted by Gasteiger charge is -2.16. The second-order valence-corrected chi connectivity index (χ2v) is 5.77. The average molecular weight is 338 g/mol. The molecule has 1 amide bonds. The average Bonchev–Trinajstić information content (AvgIpc) is 2.58. The Bertz CT molecular complexity index is 545. The number of amides is 1. The Morgan fingerprint density at radius 1 is 1.33 bits per heavy atom. The van der Waals surface area contributed by atoms with E-state index in [0.29, 0.717) is 0 Å². The van der Waals surface area contributed by atoms with Gasteiger partial charge < -0.3 is 9.64 Å². The van der Waals surface area contributed by atoms with E-state index in [1.54, 1.807) is 11.0 Å². The number of halogens is 1. The number of ether oxygens (including phenoxy) is 1. The van der Waals surface area contributed by atoms with Crippen LogP contribution in [0, 0.1) is 5.82 Å². The molecule has 5 nitrogen and oxygen atoms in total. The summed E-state index contributed by atoms with van der Waals surface area (Å²) in [4.78, 5) is 18.0. The van der Waals surface area contributed by atoms with Gasteiger partial charge >= 0.3 is 0 Å². The molecule has 6 heteroatoms. The van der Waals surface area contributed by atoms with Crippen LogP contribution in [-0.2, 0) is 4.74 Å². The zero-order valence-corrected chi connectivity index (χ0v) is 15.1. The molecule has 2 N–H and O–H groups in total. The fourth-order valence-electron chi connectivity index (χ4n) is 2.46. The Morgan fingerprint density at radius 2 is 2.00 bits per heavy atom. The Hall–Kier alpha value is -1.95. The number of hydrogen-bond acceptors (Lipinski definition) is 3. The van der Waals surface area contributed by atoms with Gasteiger partial charge in [-0.25, -0.2) is 9.38 Å². The number of nitrogens with zero attached hydrogens (tertiary/aromatic N) is 1. The van der Waals surface area contributed by atoms with Gasteiger partial charge in [-0.15, -0.1) is 0 Å². The molecule has 0 aliphatic heterocycles. The first-order valence-corrected chi connectivity index (χ1v) is 8.53. The third kappa shape index (κ3) is 6.66. The molecular weight excluding hydrogens is 309 g/mol. The van der Waals surface area contributed by atoms with Crippen molar-refractivity contribution in [1.82, 2.24) is 5.32 Å². The van der Waals surface area contributed by atoms with Crippen LogP contribution in [0.4, 0.5) is 4.39 Å². The number of quaternary nitrogens is 1. The number of carbonyl (C=O) groups is 1. The largest absolute Gasteiger partial charge is 0.468 e. The van der Waals surface area contributed by atoms with Gasteiger partial charge in [-0.05, 0) is 45.7 Å². The molecule has 0 spiro atoms. The van der Waals surface area contributed by atoms with E-state index in [1.165, 1.54) is 25.3 Å². The van der Waals surface area contributed by atoms with Crippen molar-refractivity contribution in [3.8, 4) is 0 Å². The molecule has 0 fully saturated rings. The number of amidine groups is 1. The summed E-state index contributed by atoms with van der Waals surface area (Å²) >= 11 is 0. The summed E-state index contributed by atoms with van der Waals surface area (Å²) in [6, 6.07) is 5.96. The number of rotatable bonds is 8. The second kappa shape index (κ2) is 10.8. The maximum atomic E-state index is 13.6. The summed E-state index contributed by atoms with van der Waals surface area (Å²) < 4.78 is 18.7. The van der Waals surface area contributed by atoms with Gasteiger partial charge in [0.25, 0.3) is 11.9 Å². The zero-order valence-electron chi connectivity index (χ0n) is 15.1. The molecule has 0 bridgehead atoms. The molecule has 24 heavy (non-hydrogen) atoms. The molecule has 1 atom stereocenters. The normalized spacial score (nSPS) is 13.0. The van der Waals surface area contributed by atoms with Crippen molar-refractivity contribution in [2.24, 2.45) is 4.99 Å². The third-order valence-corrected chi connectivity index (χ3v) is 4.02. The zero-order chi connectivity index (χ0) is 17.9. The van der Waals surface area contributed by atoms with Crippen LogP contribution in [0.3, 0.4) is 0 Å².